The molecule has 3 heteroatoms. The van der Waals surface area contributed by atoms with Crippen molar-refractivity contribution in [3.05, 3.63) is 0 Å². The lowest BCUT2D eigenvalue weighted by Crippen LogP contribution is -2.38. The third kappa shape index (κ3) is 2.65. The third-order valence-corrected chi connectivity index (χ3v) is 4.63. The Bertz CT molecular complexity index is 182. The Morgan fingerprint density at radius 1 is 1.43 bits per heavy atom. The first-order chi connectivity index (χ1) is 6.75. The van der Waals surface area contributed by atoms with Crippen molar-refractivity contribution in [1.82, 2.24) is 5.32 Å². The van der Waals surface area contributed by atoms with E-state index < -0.39 is 0 Å². The topological polar surface area (TPSA) is 21.3 Å². The van der Waals surface area contributed by atoms with Crippen LogP contribution >= 0.6 is 11.8 Å². The monoisotopic (exact) mass is 215 g/mol. The van der Waals surface area contributed by atoms with E-state index in [0.717, 1.165) is 5.25 Å². The van der Waals surface area contributed by atoms with E-state index in [1.54, 1.807) is 0 Å². The summed E-state index contributed by atoms with van der Waals surface area (Å²) in [6.07, 6.45) is 4.83. The Balaban J connectivity index is 1.69. The van der Waals surface area contributed by atoms with Crippen molar-refractivity contribution >= 4 is 11.8 Å². The molecule has 1 N–H and O–H groups in total. The van der Waals surface area contributed by atoms with Crippen molar-refractivity contribution in [1.29, 1.82) is 0 Å². The summed E-state index contributed by atoms with van der Waals surface area (Å²) in [6, 6.07) is 0.589. The molecule has 2 saturated heterocycles. The van der Waals surface area contributed by atoms with Gasteiger partial charge in [0.05, 0.1) is 12.2 Å². The van der Waals surface area contributed by atoms with E-state index in [2.05, 4.69) is 30.9 Å². The first-order valence-electron chi connectivity index (χ1n) is 5.76. The molecule has 2 rings (SSSR count). The first-order valence-corrected chi connectivity index (χ1v) is 6.81. The van der Waals surface area contributed by atoms with Crippen LogP contribution in [0.5, 0.6) is 0 Å². The molecule has 0 aromatic carbocycles. The second-order valence-corrected chi connectivity index (χ2v) is 5.95. The number of hydrogen-bond donors (Lipinski definition) is 1. The molecule has 2 nitrogen and oxygen atoms in total. The van der Waals surface area contributed by atoms with Crippen LogP contribution < -0.4 is 5.32 Å². The van der Waals surface area contributed by atoms with Crippen molar-refractivity contribution in [2.75, 3.05) is 12.3 Å². The maximum absolute atomic E-state index is 5.72. The Kier molecular flexibility index (Phi) is 3.74. The molecule has 0 aromatic heterocycles. The molecule has 0 radical (unpaired) electrons. The van der Waals surface area contributed by atoms with Gasteiger partial charge in [-0.05, 0) is 38.9 Å². The van der Waals surface area contributed by atoms with Crippen LogP contribution in [0.3, 0.4) is 0 Å². The van der Waals surface area contributed by atoms with Gasteiger partial charge in [0.15, 0.2) is 0 Å². The minimum atomic E-state index is 0.399. The van der Waals surface area contributed by atoms with Crippen molar-refractivity contribution in [2.45, 2.75) is 56.6 Å². The minimum absolute atomic E-state index is 0.399. The fourth-order valence-corrected chi connectivity index (χ4v) is 3.62. The normalized spacial score (nSPS) is 43.3. The second kappa shape index (κ2) is 4.86. The minimum Gasteiger partial charge on any atom is -0.374 e. The summed E-state index contributed by atoms with van der Waals surface area (Å²) in [4.78, 5) is 0. The van der Waals surface area contributed by atoms with E-state index in [1.165, 1.54) is 31.6 Å². The molecule has 4 atom stereocenters. The Hall–Kier alpha value is 0.270. The van der Waals surface area contributed by atoms with Gasteiger partial charge in [-0.25, -0.2) is 0 Å². The molecule has 4 unspecified atom stereocenters. The predicted octanol–water partition coefficient (Wildman–Crippen LogP) is 2.04. The maximum Gasteiger partial charge on any atom is 0.0704 e. The zero-order valence-corrected chi connectivity index (χ0v) is 9.98. The fraction of sp³-hybridized carbons (Fsp3) is 1.00. The number of ether oxygens (including phenoxy) is 1. The van der Waals surface area contributed by atoms with Crippen molar-refractivity contribution in [3.63, 3.8) is 0 Å². The van der Waals surface area contributed by atoms with Crippen molar-refractivity contribution in [3.8, 4) is 0 Å². The van der Waals surface area contributed by atoms with Crippen LogP contribution in [-0.2, 0) is 4.74 Å². The molecule has 0 aromatic rings. The van der Waals surface area contributed by atoms with Crippen LogP contribution in [0.2, 0.25) is 0 Å². The van der Waals surface area contributed by atoms with Crippen LogP contribution in [-0.4, -0.2) is 35.8 Å². The summed E-state index contributed by atoms with van der Waals surface area (Å²) < 4.78 is 5.72. The molecule has 0 spiro atoms. The van der Waals surface area contributed by atoms with Gasteiger partial charge in [-0.2, -0.15) is 11.8 Å². The van der Waals surface area contributed by atoms with Gasteiger partial charge < -0.3 is 10.1 Å². The van der Waals surface area contributed by atoms with E-state index in [0.29, 0.717) is 18.2 Å². The molecule has 0 saturated carbocycles. The highest BCUT2D eigenvalue weighted by Crippen LogP contribution is 2.26. The van der Waals surface area contributed by atoms with E-state index in [-0.39, 0.29) is 0 Å². The van der Waals surface area contributed by atoms with Gasteiger partial charge in [-0.1, -0.05) is 0 Å². The first kappa shape index (κ1) is 10.8. The van der Waals surface area contributed by atoms with Gasteiger partial charge in [0.1, 0.15) is 0 Å². The smallest absolute Gasteiger partial charge is 0.0704 e. The van der Waals surface area contributed by atoms with E-state index >= 15 is 0 Å². The summed E-state index contributed by atoms with van der Waals surface area (Å²) in [5.74, 6) is 1.36. The fourth-order valence-electron chi connectivity index (χ4n) is 2.40. The highest BCUT2D eigenvalue weighted by molar-refractivity contribution is 8.00. The van der Waals surface area contributed by atoms with Gasteiger partial charge in [0.2, 0.25) is 0 Å². The average Bonchev–Trinajstić information content (AvgIpc) is 2.72. The van der Waals surface area contributed by atoms with Crippen LogP contribution in [0, 0.1) is 0 Å². The summed E-state index contributed by atoms with van der Waals surface area (Å²) in [5, 5.41) is 4.52. The number of thioether (sulfide) groups is 1. The average molecular weight is 215 g/mol. The zero-order valence-electron chi connectivity index (χ0n) is 9.16. The molecule has 14 heavy (non-hydrogen) atoms. The predicted molar refractivity (Wildman–Crippen MR) is 61.9 cm³/mol. The molecule has 0 bridgehead atoms. The lowest BCUT2D eigenvalue weighted by molar-refractivity contribution is 0.0607. The highest BCUT2D eigenvalue weighted by atomic mass is 32.2. The van der Waals surface area contributed by atoms with Crippen molar-refractivity contribution in [2.24, 2.45) is 0 Å². The van der Waals surface area contributed by atoms with Crippen LogP contribution in [0.15, 0.2) is 0 Å². The van der Waals surface area contributed by atoms with Gasteiger partial charge in [0, 0.05) is 17.8 Å². The Labute approximate surface area is 91.2 Å². The number of hydrogen-bond acceptors (Lipinski definition) is 3. The molecular formula is C11H21NOS. The lowest BCUT2D eigenvalue weighted by Gasteiger charge is -2.18. The van der Waals surface area contributed by atoms with Crippen LogP contribution in [0.1, 0.15) is 33.1 Å². The zero-order chi connectivity index (χ0) is 9.97. The van der Waals surface area contributed by atoms with Crippen molar-refractivity contribution < 1.29 is 4.74 Å². The lowest BCUT2D eigenvalue weighted by atomic mass is 10.1. The summed E-state index contributed by atoms with van der Waals surface area (Å²) in [5.41, 5.74) is 0. The molecule has 0 amide bonds. The molecule has 82 valence electrons. The number of rotatable bonds is 3. The largest absolute Gasteiger partial charge is 0.374 e. The van der Waals surface area contributed by atoms with Crippen LogP contribution in [0.25, 0.3) is 0 Å². The van der Waals surface area contributed by atoms with E-state index in [4.69, 9.17) is 4.74 Å². The highest BCUT2D eigenvalue weighted by Gasteiger charge is 2.29. The van der Waals surface area contributed by atoms with Gasteiger partial charge in [0.25, 0.3) is 0 Å². The Morgan fingerprint density at radius 2 is 2.29 bits per heavy atom. The van der Waals surface area contributed by atoms with Crippen LogP contribution in [0.4, 0.5) is 0 Å². The van der Waals surface area contributed by atoms with E-state index in [9.17, 15) is 0 Å². The van der Waals surface area contributed by atoms with E-state index in [1.807, 2.05) is 0 Å². The SMILES string of the molecule is CC1CC(NCC2CCCS2)C(C)O1. The quantitative estimate of drug-likeness (QED) is 0.778. The summed E-state index contributed by atoms with van der Waals surface area (Å²) in [7, 11) is 0. The van der Waals surface area contributed by atoms with Gasteiger partial charge in [-0.3, -0.25) is 0 Å². The third-order valence-electron chi connectivity index (χ3n) is 3.23. The standard InChI is InChI=1S/C11H21NOS/c1-8-6-11(9(2)13-8)12-7-10-4-3-5-14-10/h8-12H,3-7H2,1-2H3. The second-order valence-electron chi connectivity index (χ2n) is 4.54. The molecule has 0 aliphatic carbocycles. The van der Waals surface area contributed by atoms with Gasteiger partial charge in [-0.15, -0.1) is 0 Å². The molecule has 2 fully saturated rings. The van der Waals surface area contributed by atoms with Gasteiger partial charge >= 0.3 is 0 Å². The molecule has 2 heterocycles. The number of nitrogens with one attached hydrogen (secondary N) is 1. The summed E-state index contributed by atoms with van der Waals surface area (Å²) in [6.45, 7) is 5.53. The molecular weight excluding hydrogens is 194 g/mol. The summed E-state index contributed by atoms with van der Waals surface area (Å²) >= 11 is 2.12. The molecule has 2 aliphatic rings. The maximum atomic E-state index is 5.72. The Morgan fingerprint density at radius 3 is 2.86 bits per heavy atom. The molecule has 2 aliphatic heterocycles.